The molecule has 2 aromatic heterocycles. The second-order valence-corrected chi connectivity index (χ2v) is 5.25. The molecule has 0 amide bonds. The highest BCUT2D eigenvalue weighted by Crippen LogP contribution is 2.25. The first-order valence-electron chi connectivity index (χ1n) is 5.79. The van der Waals surface area contributed by atoms with Crippen molar-refractivity contribution in [1.29, 1.82) is 0 Å². The van der Waals surface area contributed by atoms with E-state index >= 15 is 0 Å². The Morgan fingerprint density at radius 1 is 1.05 bits per heavy atom. The summed E-state index contributed by atoms with van der Waals surface area (Å²) in [5.74, 6) is -0.260. The van der Waals surface area contributed by atoms with Gasteiger partial charge in [-0.25, -0.2) is 9.50 Å². The summed E-state index contributed by atoms with van der Waals surface area (Å²) in [6.45, 7) is 0. The first-order valence-corrected chi connectivity index (χ1v) is 6.87. The number of halogens is 4. The molecule has 0 fully saturated rings. The van der Waals surface area contributed by atoms with Crippen molar-refractivity contribution in [1.82, 2.24) is 14.6 Å². The molecule has 0 atom stereocenters. The minimum absolute atomic E-state index is 0.260. The van der Waals surface area contributed by atoms with E-state index in [0.717, 1.165) is 3.70 Å². The minimum Gasteiger partial charge on any atom is -0.406 e. The van der Waals surface area contributed by atoms with Gasteiger partial charge in [-0.1, -0.05) is 0 Å². The molecule has 108 valence electrons. The molecule has 0 saturated heterocycles. The van der Waals surface area contributed by atoms with E-state index in [1.54, 1.807) is 22.8 Å². The second kappa shape index (κ2) is 5.17. The van der Waals surface area contributed by atoms with Crippen LogP contribution in [0.1, 0.15) is 0 Å². The van der Waals surface area contributed by atoms with Crippen LogP contribution in [-0.4, -0.2) is 21.0 Å². The van der Waals surface area contributed by atoms with Crippen molar-refractivity contribution in [2.75, 3.05) is 0 Å². The number of ether oxygens (including phenoxy) is 1. The number of imidazole rings is 1. The third-order valence-electron chi connectivity index (χ3n) is 2.70. The predicted octanol–water partition coefficient (Wildman–Crippen LogP) is 3.90. The lowest BCUT2D eigenvalue weighted by Crippen LogP contribution is -2.16. The summed E-state index contributed by atoms with van der Waals surface area (Å²) in [6.07, 6.45) is -3.00. The van der Waals surface area contributed by atoms with E-state index in [1.165, 1.54) is 24.3 Å². The summed E-state index contributed by atoms with van der Waals surface area (Å²) < 4.78 is 42.7. The Morgan fingerprint density at radius 3 is 2.43 bits per heavy atom. The highest BCUT2D eigenvalue weighted by atomic mass is 127. The number of fused-ring (bicyclic) bond motifs is 1. The summed E-state index contributed by atoms with van der Waals surface area (Å²) >= 11 is 2.10. The smallest absolute Gasteiger partial charge is 0.406 e. The van der Waals surface area contributed by atoms with Gasteiger partial charge in [0.1, 0.15) is 9.45 Å². The SMILES string of the molecule is FC(F)(F)Oc1ccc(-c2ccc3ncc(I)n3n2)cc1. The molecule has 0 radical (unpaired) electrons. The molecular weight excluding hydrogens is 398 g/mol. The van der Waals surface area contributed by atoms with Crippen LogP contribution in [0.15, 0.2) is 42.6 Å². The first kappa shape index (κ1) is 14.1. The molecule has 0 unspecified atom stereocenters. The van der Waals surface area contributed by atoms with E-state index in [4.69, 9.17) is 0 Å². The van der Waals surface area contributed by atoms with E-state index in [9.17, 15) is 13.2 Å². The second-order valence-electron chi connectivity index (χ2n) is 4.14. The van der Waals surface area contributed by atoms with Gasteiger partial charge >= 0.3 is 6.36 Å². The normalized spacial score (nSPS) is 11.8. The molecule has 21 heavy (non-hydrogen) atoms. The number of alkyl halides is 3. The Kier molecular flexibility index (Phi) is 3.47. The summed E-state index contributed by atoms with van der Waals surface area (Å²) in [7, 11) is 0. The molecule has 1 aromatic carbocycles. The summed E-state index contributed by atoms with van der Waals surface area (Å²) in [6, 6.07) is 9.13. The van der Waals surface area contributed by atoms with Crippen LogP contribution < -0.4 is 4.74 Å². The van der Waals surface area contributed by atoms with Crippen molar-refractivity contribution in [2.45, 2.75) is 6.36 Å². The largest absolute Gasteiger partial charge is 0.573 e. The maximum absolute atomic E-state index is 12.1. The molecule has 8 heteroatoms. The van der Waals surface area contributed by atoms with Crippen molar-refractivity contribution in [3.05, 3.63) is 46.3 Å². The maximum atomic E-state index is 12.1. The molecular formula is C13H7F3IN3O. The molecule has 0 aliphatic carbocycles. The zero-order valence-electron chi connectivity index (χ0n) is 10.3. The summed E-state index contributed by atoms with van der Waals surface area (Å²) in [5.41, 5.74) is 2.04. The number of hydrogen-bond donors (Lipinski definition) is 0. The number of rotatable bonds is 2. The standard InChI is InChI=1S/C13H7F3IN3O/c14-13(15,16)21-9-3-1-8(2-4-9)10-5-6-12-18-7-11(17)20(12)19-10/h1-7H. The highest BCUT2D eigenvalue weighted by molar-refractivity contribution is 14.1. The van der Waals surface area contributed by atoms with Crippen LogP contribution in [0, 0.1) is 3.70 Å². The molecule has 0 saturated carbocycles. The number of benzene rings is 1. The Bertz CT molecular complexity index is 783. The summed E-state index contributed by atoms with van der Waals surface area (Å²) in [5, 5.41) is 4.39. The average molecular weight is 405 g/mol. The molecule has 0 bridgehead atoms. The van der Waals surface area contributed by atoms with Crippen molar-refractivity contribution in [3.8, 4) is 17.0 Å². The lowest BCUT2D eigenvalue weighted by atomic mass is 10.1. The highest BCUT2D eigenvalue weighted by Gasteiger charge is 2.30. The van der Waals surface area contributed by atoms with Gasteiger partial charge in [0.2, 0.25) is 0 Å². The fourth-order valence-electron chi connectivity index (χ4n) is 1.83. The van der Waals surface area contributed by atoms with Gasteiger partial charge in [0.05, 0.1) is 11.9 Å². The number of nitrogens with zero attached hydrogens (tertiary/aromatic N) is 3. The molecule has 4 nitrogen and oxygen atoms in total. The van der Waals surface area contributed by atoms with Crippen LogP contribution in [-0.2, 0) is 0 Å². The summed E-state index contributed by atoms with van der Waals surface area (Å²) in [4.78, 5) is 4.16. The number of aromatic nitrogens is 3. The van der Waals surface area contributed by atoms with Gasteiger partial charge < -0.3 is 4.74 Å². The fourth-order valence-corrected chi connectivity index (χ4v) is 2.32. The number of hydrogen-bond acceptors (Lipinski definition) is 3. The van der Waals surface area contributed by atoms with Crippen molar-refractivity contribution < 1.29 is 17.9 Å². The lowest BCUT2D eigenvalue weighted by Gasteiger charge is -2.09. The quantitative estimate of drug-likeness (QED) is 0.608. The van der Waals surface area contributed by atoms with Crippen molar-refractivity contribution >= 4 is 28.2 Å². The van der Waals surface area contributed by atoms with Crippen LogP contribution in [0.25, 0.3) is 16.9 Å². The monoisotopic (exact) mass is 405 g/mol. The van der Waals surface area contributed by atoms with E-state index in [1.807, 2.05) is 0 Å². The van der Waals surface area contributed by atoms with Crippen LogP contribution in [0.3, 0.4) is 0 Å². The fraction of sp³-hybridized carbons (Fsp3) is 0.0769. The third kappa shape index (κ3) is 3.09. The van der Waals surface area contributed by atoms with Crippen LogP contribution in [0.4, 0.5) is 13.2 Å². The van der Waals surface area contributed by atoms with E-state index in [0.29, 0.717) is 16.9 Å². The zero-order chi connectivity index (χ0) is 15.0. The van der Waals surface area contributed by atoms with Crippen LogP contribution in [0.2, 0.25) is 0 Å². The molecule has 3 rings (SSSR count). The van der Waals surface area contributed by atoms with E-state index in [2.05, 4.69) is 37.4 Å². The average Bonchev–Trinajstić information content (AvgIpc) is 2.79. The zero-order valence-corrected chi connectivity index (χ0v) is 12.5. The Hall–Kier alpha value is -1.84. The van der Waals surface area contributed by atoms with Gasteiger partial charge in [-0.05, 0) is 59.0 Å². The van der Waals surface area contributed by atoms with Gasteiger partial charge in [0, 0.05) is 5.56 Å². The van der Waals surface area contributed by atoms with Gasteiger partial charge in [0.25, 0.3) is 0 Å². The minimum atomic E-state index is -4.69. The predicted molar refractivity (Wildman–Crippen MR) is 77.8 cm³/mol. The van der Waals surface area contributed by atoms with Crippen LogP contribution in [0.5, 0.6) is 5.75 Å². The van der Waals surface area contributed by atoms with E-state index in [-0.39, 0.29) is 5.75 Å². The Balaban J connectivity index is 1.93. The third-order valence-corrected chi connectivity index (χ3v) is 3.44. The first-order chi connectivity index (χ1) is 9.92. The van der Waals surface area contributed by atoms with Gasteiger partial charge in [-0.2, -0.15) is 5.10 Å². The molecule has 0 aliphatic rings. The molecule has 0 N–H and O–H groups in total. The van der Waals surface area contributed by atoms with Crippen molar-refractivity contribution in [3.63, 3.8) is 0 Å². The topological polar surface area (TPSA) is 39.4 Å². The van der Waals surface area contributed by atoms with Gasteiger partial charge in [-0.3, -0.25) is 0 Å². The van der Waals surface area contributed by atoms with E-state index < -0.39 is 6.36 Å². The van der Waals surface area contributed by atoms with Crippen LogP contribution >= 0.6 is 22.6 Å². The lowest BCUT2D eigenvalue weighted by molar-refractivity contribution is -0.274. The molecule has 0 aliphatic heterocycles. The maximum Gasteiger partial charge on any atom is 0.573 e. The van der Waals surface area contributed by atoms with Gasteiger partial charge in [0.15, 0.2) is 5.65 Å². The Morgan fingerprint density at radius 2 is 1.76 bits per heavy atom. The van der Waals surface area contributed by atoms with Crippen molar-refractivity contribution in [2.24, 2.45) is 0 Å². The van der Waals surface area contributed by atoms with Gasteiger partial charge in [-0.15, -0.1) is 13.2 Å². The molecule has 3 aromatic rings. The molecule has 0 spiro atoms. The molecule has 2 heterocycles. The Labute approximate surface area is 130 Å².